The van der Waals surface area contributed by atoms with Crippen molar-refractivity contribution in [1.29, 1.82) is 0 Å². The molecule has 0 bridgehead atoms. The van der Waals surface area contributed by atoms with E-state index in [0.29, 0.717) is 11.5 Å². The Morgan fingerprint density at radius 1 is 1.47 bits per heavy atom. The van der Waals surface area contributed by atoms with E-state index in [2.05, 4.69) is 12.2 Å². The molecule has 1 unspecified atom stereocenters. The van der Waals surface area contributed by atoms with Crippen molar-refractivity contribution in [3.8, 4) is 0 Å². The second-order valence-corrected chi connectivity index (χ2v) is 4.92. The van der Waals surface area contributed by atoms with Gasteiger partial charge in [-0.25, -0.2) is 0 Å². The Labute approximate surface area is 115 Å². The zero-order valence-electron chi connectivity index (χ0n) is 11.8. The summed E-state index contributed by atoms with van der Waals surface area (Å²) >= 11 is 0. The Bertz CT molecular complexity index is 419. The lowest BCUT2D eigenvalue weighted by Crippen LogP contribution is -2.23. The summed E-state index contributed by atoms with van der Waals surface area (Å²) in [6, 6.07) is 5.52. The molecule has 0 saturated carbocycles. The average molecular weight is 264 g/mol. The van der Waals surface area contributed by atoms with Crippen LogP contribution in [0.2, 0.25) is 0 Å². The van der Waals surface area contributed by atoms with Crippen LogP contribution in [0.1, 0.15) is 41.3 Å². The third-order valence-electron chi connectivity index (χ3n) is 3.49. The number of hydrogen-bond acceptors (Lipinski definition) is 3. The van der Waals surface area contributed by atoms with Gasteiger partial charge in [-0.3, -0.25) is 4.79 Å². The van der Waals surface area contributed by atoms with Crippen LogP contribution < -0.4 is 11.1 Å². The topological polar surface area (TPSA) is 75.3 Å². The van der Waals surface area contributed by atoms with Crippen molar-refractivity contribution in [3.05, 3.63) is 34.9 Å². The summed E-state index contributed by atoms with van der Waals surface area (Å²) in [5.74, 6) is 0.117. The summed E-state index contributed by atoms with van der Waals surface area (Å²) < 4.78 is 0. The molecule has 4 heteroatoms. The molecule has 0 aliphatic rings. The van der Waals surface area contributed by atoms with Gasteiger partial charge in [0.1, 0.15) is 0 Å². The first-order valence-corrected chi connectivity index (χ1v) is 6.79. The van der Waals surface area contributed by atoms with Gasteiger partial charge in [-0.2, -0.15) is 0 Å². The van der Waals surface area contributed by atoms with E-state index >= 15 is 0 Å². The predicted molar refractivity (Wildman–Crippen MR) is 76.9 cm³/mol. The van der Waals surface area contributed by atoms with Gasteiger partial charge in [0, 0.05) is 18.7 Å². The van der Waals surface area contributed by atoms with Crippen LogP contribution in [-0.2, 0) is 6.54 Å². The van der Waals surface area contributed by atoms with Crippen molar-refractivity contribution in [2.45, 2.75) is 33.2 Å². The first kappa shape index (κ1) is 15.7. The molecule has 1 aromatic carbocycles. The lowest BCUT2D eigenvalue weighted by Gasteiger charge is -2.15. The molecule has 1 rings (SSSR count). The lowest BCUT2D eigenvalue weighted by molar-refractivity contribution is 0.1000. The number of primary amides is 1. The highest BCUT2D eigenvalue weighted by Crippen LogP contribution is 2.11. The molecule has 0 fully saturated rings. The van der Waals surface area contributed by atoms with Crippen molar-refractivity contribution >= 4 is 5.91 Å². The summed E-state index contributed by atoms with van der Waals surface area (Å²) in [6.07, 6.45) is 1.90. The van der Waals surface area contributed by atoms with E-state index in [1.54, 1.807) is 6.07 Å². The van der Waals surface area contributed by atoms with Gasteiger partial charge in [0.2, 0.25) is 5.91 Å². The Hall–Kier alpha value is -1.39. The van der Waals surface area contributed by atoms with E-state index < -0.39 is 5.91 Å². The number of amides is 1. The number of nitrogens with two attached hydrogens (primary N) is 1. The standard InChI is InChI=1S/C15H24N2O2/c1-3-12(6-7-18)9-17-10-14-5-4-13(15(16)19)8-11(14)2/h4-5,8,12,17-18H,3,6-7,9-10H2,1-2H3,(H2,16,19). The zero-order valence-corrected chi connectivity index (χ0v) is 11.8. The van der Waals surface area contributed by atoms with Crippen LogP contribution in [-0.4, -0.2) is 24.2 Å². The molecule has 0 aliphatic heterocycles. The molecule has 0 aliphatic carbocycles. The zero-order chi connectivity index (χ0) is 14.3. The summed E-state index contributed by atoms with van der Waals surface area (Å²) in [4.78, 5) is 11.1. The van der Waals surface area contributed by atoms with E-state index in [1.165, 1.54) is 5.56 Å². The fraction of sp³-hybridized carbons (Fsp3) is 0.533. The van der Waals surface area contributed by atoms with Crippen molar-refractivity contribution in [3.63, 3.8) is 0 Å². The third kappa shape index (κ3) is 5.01. The maximum absolute atomic E-state index is 11.1. The summed E-state index contributed by atoms with van der Waals surface area (Å²) in [5.41, 5.74) is 8.03. The number of carbonyl (C=O) groups excluding carboxylic acids is 1. The number of nitrogens with one attached hydrogen (secondary N) is 1. The van der Waals surface area contributed by atoms with Gasteiger partial charge in [0.05, 0.1) is 0 Å². The third-order valence-corrected chi connectivity index (χ3v) is 3.49. The van der Waals surface area contributed by atoms with Crippen molar-refractivity contribution in [1.82, 2.24) is 5.32 Å². The number of rotatable bonds is 8. The second-order valence-electron chi connectivity index (χ2n) is 4.92. The number of aryl methyl sites for hydroxylation is 1. The van der Waals surface area contributed by atoms with Gasteiger partial charge in [0.25, 0.3) is 0 Å². The largest absolute Gasteiger partial charge is 0.396 e. The smallest absolute Gasteiger partial charge is 0.248 e. The summed E-state index contributed by atoms with van der Waals surface area (Å²) in [5, 5.41) is 12.3. The van der Waals surface area contributed by atoms with Gasteiger partial charge in [-0.05, 0) is 49.1 Å². The van der Waals surface area contributed by atoms with Gasteiger partial charge in [-0.1, -0.05) is 19.4 Å². The van der Waals surface area contributed by atoms with Gasteiger partial charge < -0.3 is 16.2 Å². The number of benzene rings is 1. The second kappa shape index (κ2) is 7.92. The summed E-state index contributed by atoms with van der Waals surface area (Å²) in [7, 11) is 0. The highest BCUT2D eigenvalue weighted by molar-refractivity contribution is 5.93. The highest BCUT2D eigenvalue weighted by atomic mass is 16.3. The van der Waals surface area contributed by atoms with Gasteiger partial charge >= 0.3 is 0 Å². The SMILES string of the molecule is CCC(CCO)CNCc1ccc(C(N)=O)cc1C. The van der Waals surface area contributed by atoms with E-state index in [4.69, 9.17) is 10.8 Å². The Balaban J connectivity index is 2.51. The van der Waals surface area contributed by atoms with Crippen LogP contribution in [0.3, 0.4) is 0 Å². The van der Waals surface area contributed by atoms with E-state index in [-0.39, 0.29) is 6.61 Å². The first-order chi connectivity index (χ1) is 9.08. The predicted octanol–water partition coefficient (Wildman–Crippen LogP) is 1.59. The number of aliphatic hydroxyl groups is 1. The summed E-state index contributed by atoms with van der Waals surface area (Å²) in [6.45, 7) is 6.02. The first-order valence-electron chi connectivity index (χ1n) is 6.79. The molecule has 1 atom stereocenters. The molecule has 1 aromatic rings. The van der Waals surface area contributed by atoms with Gasteiger partial charge in [-0.15, -0.1) is 0 Å². The molecule has 0 aromatic heterocycles. The van der Waals surface area contributed by atoms with Crippen LogP contribution in [0.25, 0.3) is 0 Å². The highest BCUT2D eigenvalue weighted by Gasteiger charge is 2.07. The normalized spacial score (nSPS) is 12.4. The molecule has 1 amide bonds. The molecule has 4 N–H and O–H groups in total. The van der Waals surface area contributed by atoms with Crippen molar-refractivity contribution < 1.29 is 9.90 Å². The maximum Gasteiger partial charge on any atom is 0.248 e. The van der Waals surface area contributed by atoms with Crippen LogP contribution in [0.5, 0.6) is 0 Å². The molecule has 106 valence electrons. The molecular weight excluding hydrogens is 240 g/mol. The fourth-order valence-electron chi connectivity index (χ4n) is 2.09. The number of hydrogen-bond donors (Lipinski definition) is 3. The molecule has 19 heavy (non-hydrogen) atoms. The number of aliphatic hydroxyl groups excluding tert-OH is 1. The molecule has 4 nitrogen and oxygen atoms in total. The maximum atomic E-state index is 11.1. The van der Waals surface area contributed by atoms with Crippen LogP contribution in [0.4, 0.5) is 0 Å². The van der Waals surface area contributed by atoms with Gasteiger partial charge in [0.15, 0.2) is 0 Å². The van der Waals surface area contributed by atoms with Crippen molar-refractivity contribution in [2.24, 2.45) is 11.7 Å². The monoisotopic (exact) mass is 264 g/mol. The van der Waals surface area contributed by atoms with Crippen molar-refractivity contribution in [2.75, 3.05) is 13.2 Å². The van der Waals surface area contributed by atoms with E-state index in [1.807, 2.05) is 19.1 Å². The van der Waals surface area contributed by atoms with E-state index in [0.717, 1.165) is 31.5 Å². The quantitative estimate of drug-likeness (QED) is 0.667. The van der Waals surface area contributed by atoms with E-state index in [9.17, 15) is 4.79 Å². The molecule has 0 radical (unpaired) electrons. The minimum absolute atomic E-state index is 0.243. The minimum Gasteiger partial charge on any atom is -0.396 e. The molecule has 0 heterocycles. The Kier molecular flexibility index (Phi) is 6.53. The Morgan fingerprint density at radius 3 is 2.74 bits per heavy atom. The average Bonchev–Trinajstić information content (AvgIpc) is 2.39. The van der Waals surface area contributed by atoms with Crippen LogP contribution >= 0.6 is 0 Å². The Morgan fingerprint density at radius 2 is 2.21 bits per heavy atom. The molecule has 0 spiro atoms. The van der Waals surface area contributed by atoms with Crippen LogP contribution in [0, 0.1) is 12.8 Å². The van der Waals surface area contributed by atoms with Crippen LogP contribution in [0.15, 0.2) is 18.2 Å². The minimum atomic E-state index is -0.392. The molecule has 0 saturated heterocycles. The molecular formula is C15H24N2O2. The number of carbonyl (C=O) groups is 1. The lowest BCUT2D eigenvalue weighted by atomic mass is 10.0. The fourth-order valence-corrected chi connectivity index (χ4v) is 2.09.